The molecule has 0 amide bonds. The van der Waals surface area contributed by atoms with Crippen LogP contribution in [0.2, 0.25) is 5.02 Å². The average molecular weight is 284 g/mol. The highest BCUT2D eigenvalue weighted by atomic mass is 35.5. The van der Waals surface area contributed by atoms with Gasteiger partial charge in [-0.3, -0.25) is 10.1 Å². The monoisotopic (exact) mass is 283 g/mol. The molecule has 0 atom stereocenters. The third-order valence-electron chi connectivity index (χ3n) is 1.97. The highest BCUT2D eigenvalue weighted by molar-refractivity contribution is 6.31. The summed E-state index contributed by atoms with van der Waals surface area (Å²) in [6.07, 6.45) is -5.00. The largest absolute Gasteiger partial charge is 0.465 e. The Morgan fingerprint density at radius 3 is 2.39 bits per heavy atom. The number of alkyl halides is 3. The molecule has 0 saturated carbocycles. The topological polar surface area (TPSA) is 69.4 Å². The molecule has 18 heavy (non-hydrogen) atoms. The van der Waals surface area contributed by atoms with E-state index in [0.29, 0.717) is 6.07 Å². The van der Waals surface area contributed by atoms with E-state index in [4.69, 9.17) is 11.6 Å². The predicted octanol–water partition coefficient (Wildman–Crippen LogP) is 3.05. The summed E-state index contributed by atoms with van der Waals surface area (Å²) in [5.74, 6) is -1.27. The van der Waals surface area contributed by atoms with E-state index in [9.17, 15) is 28.1 Å². The summed E-state index contributed by atoms with van der Waals surface area (Å²) in [6.45, 7) is 0. The van der Waals surface area contributed by atoms with Gasteiger partial charge in [0, 0.05) is 5.02 Å². The van der Waals surface area contributed by atoms with E-state index in [0.717, 1.165) is 13.2 Å². The summed E-state index contributed by atoms with van der Waals surface area (Å²) in [5, 5.41) is 10.2. The van der Waals surface area contributed by atoms with Gasteiger partial charge in [0.05, 0.1) is 12.0 Å². The lowest BCUT2D eigenvalue weighted by Crippen LogP contribution is -2.14. The van der Waals surface area contributed by atoms with Gasteiger partial charge in [-0.1, -0.05) is 11.6 Å². The molecule has 0 aromatic heterocycles. The molecule has 0 fully saturated rings. The molecule has 0 spiro atoms. The molecule has 5 nitrogen and oxygen atoms in total. The van der Waals surface area contributed by atoms with Gasteiger partial charge in [0.15, 0.2) is 0 Å². The molecule has 1 aromatic carbocycles. The molecular formula is C9H5ClF3NO4. The van der Waals surface area contributed by atoms with E-state index in [1.54, 1.807) is 0 Å². The van der Waals surface area contributed by atoms with Crippen molar-refractivity contribution in [2.75, 3.05) is 7.11 Å². The second-order valence-corrected chi connectivity index (χ2v) is 3.53. The van der Waals surface area contributed by atoms with E-state index in [1.165, 1.54) is 0 Å². The minimum Gasteiger partial charge on any atom is -0.465 e. The molecule has 0 N–H and O–H groups in total. The number of nitro benzene ring substituents is 1. The number of halogens is 4. The molecule has 0 unspecified atom stereocenters. The van der Waals surface area contributed by atoms with E-state index in [1.807, 2.05) is 0 Å². The molecule has 0 radical (unpaired) electrons. The Morgan fingerprint density at radius 2 is 2.00 bits per heavy atom. The number of nitro groups is 1. The van der Waals surface area contributed by atoms with Crippen LogP contribution in [-0.2, 0) is 10.9 Å². The first kappa shape index (κ1) is 14.2. The number of carbonyl (C=O) groups is 1. The molecule has 98 valence electrons. The van der Waals surface area contributed by atoms with Crippen molar-refractivity contribution in [3.05, 3.63) is 38.4 Å². The van der Waals surface area contributed by atoms with Crippen LogP contribution < -0.4 is 0 Å². The number of carbonyl (C=O) groups excluding carboxylic acids is 1. The van der Waals surface area contributed by atoms with E-state index < -0.39 is 38.9 Å². The fourth-order valence-electron chi connectivity index (χ4n) is 1.28. The molecule has 9 heteroatoms. The Morgan fingerprint density at radius 1 is 1.44 bits per heavy atom. The maximum Gasteiger partial charge on any atom is 0.423 e. The first-order chi connectivity index (χ1) is 8.18. The summed E-state index contributed by atoms with van der Waals surface area (Å²) in [7, 11) is 0.889. The first-order valence-corrected chi connectivity index (χ1v) is 4.69. The van der Waals surface area contributed by atoms with Crippen LogP contribution in [0.15, 0.2) is 12.1 Å². The van der Waals surface area contributed by atoms with Crippen LogP contribution >= 0.6 is 11.6 Å². The Labute approximate surface area is 103 Å². The molecule has 0 bridgehead atoms. The average Bonchev–Trinajstić information content (AvgIpc) is 2.25. The number of methoxy groups -OCH3 is 1. The van der Waals surface area contributed by atoms with Crippen LogP contribution in [0, 0.1) is 10.1 Å². The van der Waals surface area contributed by atoms with Crippen LogP contribution in [0.4, 0.5) is 18.9 Å². The lowest BCUT2D eigenvalue weighted by Gasteiger charge is -2.10. The van der Waals surface area contributed by atoms with Gasteiger partial charge in [-0.05, 0) is 12.1 Å². The van der Waals surface area contributed by atoms with Crippen molar-refractivity contribution in [2.45, 2.75) is 6.18 Å². The van der Waals surface area contributed by atoms with Gasteiger partial charge in [0.1, 0.15) is 11.1 Å². The smallest absolute Gasteiger partial charge is 0.423 e. The van der Waals surface area contributed by atoms with E-state index in [-0.39, 0.29) is 0 Å². The predicted molar refractivity (Wildman–Crippen MR) is 54.4 cm³/mol. The quantitative estimate of drug-likeness (QED) is 0.475. The van der Waals surface area contributed by atoms with Gasteiger partial charge in [-0.15, -0.1) is 0 Å². The van der Waals surface area contributed by atoms with Crippen molar-refractivity contribution in [3.63, 3.8) is 0 Å². The summed E-state index contributed by atoms with van der Waals surface area (Å²) in [4.78, 5) is 20.6. The highest BCUT2D eigenvalue weighted by Crippen LogP contribution is 2.40. The van der Waals surface area contributed by atoms with Crippen LogP contribution in [-0.4, -0.2) is 18.0 Å². The second kappa shape index (κ2) is 4.81. The Kier molecular flexibility index (Phi) is 3.80. The summed E-state index contributed by atoms with van der Waals surface area (Å²) in [5.41, 5.74) is -3.82. The lowest BCUT2D eigenvalue weighted by atomic mass is 10.1. The van der Waals surface area contributed by atoms with Crippen molar-refractivity contribution in [1.29, 1.82) is 0 Å². The van der Waals surface area contributed by atoms with Crippen LogP contribution in [0.25, 0.3) is 0 Å². The molecule has 0 aliphatic heterocycles. The standard InChI is InChI=1S/C9H5ClF3NO4/c1-18-8(15)5-2-4(10)3-6(9(11,12)13)7(5)14(16)17/h2-3H,1H3. The fourth-order valence-corrected chi connectivity index (χ4v) is 1.50. The van der Waals surface area contributed by atoms with Crippen LogP contribution in [0.3, 0.4) is 0 Å². The third kappa shape index (κ3) is 2.70. The maximum atomic E-state index is 12.6. The zero-order chi connectivity index (χ0) is 14.1. The number of hydrogen-bond donors (Lipinski definition) is 0. The number of ether oxygens (including phenoxy) is 1. The van der Waals surface area contributed by atoms with Gasteiger partial charge in [0.2, 0.25) is 0 Å². The Balaban J connectivity index is 3.67. The van der Waals surface area contributed by atoms with Crippen LogP contribution in [0.1, 0.15) is 15.9 Å². The number of esters is 1. The SMILES string of the molecule is COC(=O)c1cc(Cl)cc(C(F)(F)F)c1[N+](=O)[O-]. The van der Waals surface area contributed by atoms with E-state index >= 15 is 0 Å². The van der Waals surface area contributed by atoms with Gasteiger partial charge in [-0.25, -0.2) is 4.79 Å². The number of hydrogen-bond acceptors (Lipinski definition) is 4. The molecule has 0 aliphatic carbocycles. The second-order valence-electron chi connectivity index (χ2n) is 3.10. The minimum atomic E-state index is -5.00. The normalized spacial score (nSPS) is 11.2. The fraction of sp³-hybridized carbons (Fsp3) is 0.222. The van der Waals surface area contributed by atoms with Crippen molar-refractivity contribution in [1.82, 2.24) is 0 Å². The minimum absolute atomic E-state index is 0.381. The van der Waals surface area contributed by atoms with E-state index in [2.05, 4.69) is 4.74 Å². The molecule has 1 aromatic rings. The highest BCUT2D eigenvalue weighted by Gasteiger charge is 2.41. The van der Waals surface area contributed by atoms with Crippen LogP contribution in [0.5, 0.6) is 0 Å². The molecule has 1 rings (SSSR count). The zero-order valence-electron chi connectivity index (χ0n) is 8.75. The van der Waals surface area contributed by atoms with Gasteiger partial charge in [-0.2, -0.15) is 13.2 Å². The zero-order valence-corrected chi connectivity index (χ0v) is 9.50. The molecule has 0 heterocycles. The van der Waals surface area contributed by atoms with Crippen molar-refractivity contribution in [2.24, 2.45) is 0 Å². The first-order valence-electron chi connectivity index (χ1n) is 4.32. The number of benzene rings is 1. The molecule has 0 aliphatic rings. The number of nitrogens with zero attached hydrogens (tertiary/aromatic N) is 1. The van der Waals surface area contributed by atoms with Crippen molar-refractivity contribution < 1.29 is 27.6 Å². The van der Waals surface area contributed by atoms with Crippen molar-refractivity contribution in [3.8, 4) is 0 Å². The third-order valence-corrected chi connectivity index (χ3v) is 2.19. The summed E-state index contributed by atoms with van der Waals surface area (Å²) < 4.78 is 42.0. The maximum absolute atomic E-state index is 12.6. The Bertz CT molecular complexity index is 515. The summed E-state index contributed by atoms with van der Waals surface area (Å²) >= 11 is 5.40. The van der Waals surface area contributed by atoms with Gasteiger partial charge >= 0.3 is 12.1 Å². The number of rotatable bonds is 2. The Hall–Kier alpha value is -1.83. The van der Waals surface area contributed by atoms with Gasteiger partial charge in [0.25, 0.3) is 5.69 Å². The summed E-state index contributed by atoms with van der Waals surface area (Å²) in [6, 6.07) is 1.13. The van der Waals surface area contributed by atoms with Crippen molar-refractivity contribution >= 4 is 23.3 Å². The lowest BCUT2D eigenvalue weighted by molar-refractivity contribution is -0.388. The molecule has 0 saturated heterocycles. The van der Waals surface area contributed by atoms with Gasteiger partial charge < -0.3 is 4.74 Å². The molecular weight excluding hydrogens is 279 g/mol.